The van der Waals surface area contributed by atoms with Gasteiger partial charge in [0.1, 0.15) is 5.78 Å². The maximum Gasteiger partial charge on any atom is 0.139 e. The summed E-state index contributed by atoms with van der Waals surface area (Å²) in [6.07, 6.45) is 12.1. The van der Waals surface area contributed by atoms with Gasteiger partial charge in [0.2, 0.25) is 0 Å². The first-order valence-corrected chi connectivity index (χ1v) is 8.58. The SMILES string of the molecule is O=C(Cc1ccn(C2CCCCC2)n1)CC1CCCNC1. The molecule has 0 amide bonds. The Labute approximate surface area is 127 Å². The van der Waals surface area contributed by atoms with Gasteiger partial charge in [0.25, 0.3) is 0 Å². The Hall–Kier alpha value is -1.16. The molecule has 4 heteroatoms. The Morgan fingerprint density at radius 3 is 2.86 bits per heavy atom. The fraction of sp³-hybridized carbons (Fsp3) is 0.765. The highest BCUT2D eigenvalue weighted by molar-refractivity contribution is 5.80. The lowest BCUT2D eigenvalue weighted by molar-refractivity contribution is -0.119. The van der Waals surface area contributed by atoms with E-state index in [9.17, 15) is 4.79 Å². The lowest BCUT2D eigenvalue weighted by Gasteiger charge is -2.22. The van der Waals surface area contributed by atoms with Gasteiger partial charge in [-0.1, -0.05) is 19.3 Å². The van der Waals surface area contributed by atoms with Gasteiger partial charge < -0.3 is 5.32 Å². The van der Waals surface area contributed by atoms with Crippen LogP contribution in [0.1, 0.15) is 63.1 Å². The zero-order chi connectivity index (χ0) is 14.5. The van der Waals surface area contributed by atoms with Crippen molar-refractivity contribution in [1.82, 2.24) is 15.1 Å². The molecule has 1 aromatic heterocycles. The van der Waals surface area contributed by atoms with E-state index in [1.807, 2.05) is 6.07 Å². The second-order valence-electron chi connectivity index (χ2n) is 6.71. The molecule has 1 N–H and O–H groups in total. The molecule has 1 saturated heterocycles. The van der Waals surface area contributed by atoms with Gasteiger partial charge in [-0.25, -0.2) is 0 Å². The molecular weight excluding hydrogens is 262 g/mol. The highest BCUT2D eigenvalue weighted by Crippen LogP contribution is 2.27. The van der Waals surface area contributed by atoms with Crippen molar-refractivity contribution >= 4 is 5.78 Å². The van der Waals surface area contributed by atoms with E-state index >= 15 is 0 Å². The second kappa shape index (κ2) is 7.21. The summed E-state index contributed by atoms with van der Waals surface area (Å²) in [6, 6.07) is 2.59. The molecule has 4 nitrogen and oxygen atoms in total. The topological polar surface area (TPSA) is 46.9 Å². The zero-order valence-electron chi connectivity index (χ0n) is 12.9. The van der Waals surface area contributed by atoms with E-state index in [1.54, 1.807) is 0 Å². The predicted molar refractivity (Wildman–Crippen MR) is 83.3 cm³/mol. The lowest BCUT2D eigenvalue weighted by Crippen LogP contribution is -2.31. The Morgan fingerprint density at radius 2 is 2.10 bits per heavy atom. The Bertz CT molecular complexity index is 456. The fourth-order valence-electron chi connectivity index (χ4n) is 3.71. The molecule has 0 radical (unpaired) electrons. The van der Waals surface area contributed by atoms with Crippen LogP contribution in [0.5, 0.6) is 0 Å². The van der Waals surface area contributed by atoms with Crippen molar-refractivity contribution in [2.45, 2.75) is 63.8 Å². The summed E-state index contributed by atoms with van der Waals surface area (Å²) in [6.45, 7) is 2.11. The summed E-state index contributed by atoms with van der Waals surface area (Å²) in [5, 5.41) is 8.03. The first-order chi connectivity index (χ1) is 10.3. The molecule has 21 heavy (non-hydrogen) atoms. The molecule has 1 unspecified atom stereocenters. The van der Waals surface area contributed by atoms with Gasteiger partial charge in [-0.15, -0.1) is 0 Å². The van der Waals surface area contributed by atoms with Crippen LogP contribution < -0.4 is 5.32 Å². The molecule has 116 valence electrons. The maximum atomic E-state index is 12.2. The fourth-order valence-corrected chi connectivity index (χ4v) is 3.71. The summed E-state index contributed by atoms with van der Waals surface area (Å²) in [4.78, 5) is 12.2. The largest absolute Gasteiger partial charge is 0.316 e. The molecule has 0 bridgehead atoms. The number of aromatic nitrogens is 2. The van der Waals surface area contributed by atoms with Gasteiger partial charge in [-0.05, 0) is 50.8 Å². The first-order valence-electron chi connectivity index (χ1n) is 8.58. The van der Waals surface area contributed by atoms with E-state index in [4.69, 9.17) is 0 Å². The van der Waals surface area contributed by atoms with Crippen LogP contribution in [0.3, 0.4) is 0 Å². The van der Waals surface area contributed by atoms with Crippen LogP contribution in [0.15, 0.2) is 12.3 Å². The maximum absolute atomic E-state index is 12.2. The second-order valence-corrected chi connectivity index (χ2v) is 6.71. The number of rotatable bonds is 5. The van der Waals surface area contributed by atoms with Crippen molar-refractivity contribution in [1.29, 1.82) is 0 Å². The van der Waals surface area contributed by atoms with Crippen LogP contribution in [-0.2, 0) is 11.2 Å². The third kappa shape index (κ3) is 4.16. The molecule has 1 aromatic rings. The highest BCUT2D eigenvalue weighted by Gasteiger charge is 2.19. The minimum absolute atomic E-state index is 0.345. The van der Waals surface area contributed by atoms with Gasteiger partial charge in [0.15, 0.2) is 0 Å². The molecule has 0 spiro atoms. The van der Waals surface area contributed by atoms with Crippen molar-refractivity contribution in [3.63, 3.8) is 0 Å². The number of Topliss-reactive ketones (excluding diaryl/α,β-unsaturated/α-hetero) is 1. The van der Waals surface area contributed by atoms with Crippen LogP contribution in [0.2, 0.25) is 0 Å². The number of hydrogen-bond acceptors (Lipinski definition) is 3. The number of carbonyl (C=O) groups excluding carboxylic acids is 1. The lowest BCUT2D eigenvalue weighted by atomic mass is 9.93. The van der Waals surface area contributed by atoms with E-state index in [0.717, 1.165) is 18.8 Å². The molecule has 2 heterocycles. The van der Waals surface area contributed by atoms with Crippen molar-refractivity contribution in [2.24, 2.45) is 5.92 Å². The molecule has 0 aromatic carbocycles. The first kappa shape index (κ1) is 14.8. The average Bonchev–Trinajstić information content (AvgIpc) is 2.97. The predicted octanol–water partition coefficient (Wildman–Crippen LogP) is 2.89. The third-order valence-electron chi connectivity index (χ3n) is 4.91. The molecular formula is C17H27N3O. The van der Waals surface area contributed by atoms with Crippen molar-refractivity contribution in [3.05, 3.63) is 18.0 Å². The highest BCUT2D eigenvalue weighted by atomic mass is 16.1. The molecule has 1 atom stereocenters. The third-order valence-corrected chi connectivity index (χ3v) is 4.91. The van der Waals surface area contributed by atoms with E-state index in [0.29, 0.717) is 30.6 Å². The normalized spacial score (nSPS) is 24.1. The summed E-state index contributed by atoms with van der Waals surface area (Å²) >= 11 is 0. The van der Waals surface area contributed by atoms with Crippen molar-refractivity contribution in [2.75, 3.05) is 13.1 Å². The summed E-state index contributed by atoms with van der Waals surface area (Å²) in [5.74, 6) is 0.879. The average molecular weight is 289 g/mol. The standard InChI is InChI=1S/C17H27N3O/c21-17(11-14-5-4-9-18-13-14)12-15-8-10-20(19-15)16-6-2-1-3-7-16/h8,10,14,16,18H,1-7,9,11-13H2. The monoisotopic (exact) mass is 289 g/mol. The molecule has 2 fully saturated rings. The number of nitrogens with zero attached hydrogens (tertiary/aromatic N) is 2. The van der Waals surface area contributed by atoms with Gasteiger partial charge >= 0.3 is 0 Å². The van der Waals surface area contributed by atoms with Crippen LogP contribution >= 0.6 is 0 Å². The van der Waals surface area contributed by atoms with Crippen molar-refractivity contribution < 1.29 is 4.79 Å². The number of nitrogens with one attached hydrogen (secondary N) is 1. The number of carbonyl (C=O) groups is 1. The van der Waals surface area contributed by atoms with Gasteiger partial charge in [-0.2, -0.15) is 5.10 Å². The smallest absolute Gasteiger partial charge is 0.139 e. The van der Waals surface area contributed by atoms with Gasteiger partial charge in [-0.3, -0.25) is 9.48 Å². The van der Waals surface area contributed by atoms with E-state index in [2.05, 4.69) is 21.3 Å². The number of ketones is 1. The molecule has 1 aliphatic carbocycles. The summed E-state index contributed by atoms with van der Waals surface area (Å²) < 4.78 is 2.10. The van der Waals surface area contributed by atoms with E-state index < -0.39 is 0 Å². The van der Waals surface area contributed by atoms with Gasteiger partial charge in [0.05, 0.1) is 18.2 Å². The summed E-state index contributed by atoms with van der Waals surface area (Å²) in [5.41, 5.74) is 0.953. The van der Waals surface area contributed by atoms with Crippen LogP contribution in [0.4, 0.5) is 0 Å². The molecule has 1 saturated carbocycles. The van der Waals surface area contributed by atoms with Gasteiger partial charge in [0, 0.05) is 12.6 Å². The number of hydrogen-bond donors (Lipinski definition) is 1. The Morgan fingerprint density at radius 1 is 1.24 bits per heavy atom. The Kier molecular flexibility index (Phi) is 5.07. The minimum Gasteiger partial charge on any atom is -0.316 e. The molecule has 1 aliphatic heterocycles. The van der Waals surface area contributed by atoms with E-state index in [-0.39, 0.29) is 0 Å². The van der Waals surface area contributed by atoms with Crippen LogP contribution in [0.25, 0.3) is 0 Å². The quantitative estimate of drug-likeness (QED) is 0.906. The Balaban J connectivity index is 1.50. The zero-order valence-corrected chi connectivity index (χ0v) is 12.9. The summed E-state index contributed by atoms with van der Waals surface area (Å²) in [7, 11) is 0. The minimum atomic E-state index is 0.345. The molecule has 2 aliphatic rings. The van der Waals surface area contributed by atoms with Crippen LogP contribution in [-0.4, -0.2) is 28.7 Å². The van der Waals surface area contributed by atoms with Crippen LogP contribution in [0, 0.1) is 5.92 Å². The van der Waals surface area contributed by atoms with E-state index in [1.165, 1.54) is 44.9 Å². The molecule has 3 rings (SSSR count). The van der Waals surface area contributed by atoms with Crippen molar-refractivity contribution in [3.8, 4) is 0 Å². The number of piperidine rings is 1.